The van der Waals surface area contributed by atoms with Gasteiger partial charge in [0.1, 0.15) is 6.10 Å². The van der Waals surface area contributed by atoms with Gasteiger partial charge < -0.3 is 5.11 Å². The molecule has 4 saturated carbocycles. The van der Waals surface area contributed by atoms with Crippen molar-refractivity contribution in [1.82, 2.24) is 0 Å². The molecule has 3 heteroatoms. The fourth-order valence-corrected chi connectivity index (χ4v) is 5.65. The average molecular weight is 254 g/mol. The molecule has 0 aromatic heterocycles. The summed E-state index contributed by atoms with van der Waals surface area (Å²) in [5, 5.41) is 20.1. The van der Waals surface area contributed by atoms with E-state index in [0.29, 0.717) is 17.8 Å². The third-order valence-electron chi connectivity index (χ3n) is 5.95. The van der Waals surface area contributed by atoms with Crippen molar-refractivity contribution in [3.8, 4) is 0 Å². The molecule has 4 fully saturated rings. The van der Waals surface area contributed by atoms with E-state index in [9.17, 15) is 10.4 Å². The molecule has 0 amide bonds. The van der Waals surface area contributed by atoms with Crippen LogP contribution < -0.4 is 0 Å². The lowest BCUT2D eigenvalue weighted by atomic mass is 9.45. The van der Waals surface area contributed by atoms with Gasteiger partial charge in [0.2, 0.25) is 0 Å². The first-order valence-corrected chi connectivity index (χ1v) is 7.53. The van der Waals surface area contributed by atoms with E-state index >= 15 is 0 Å². The molecule has 0 aromatic rings. The van der Waals surface area contributed by atoms with Crippen molar-refractivity contribution >= 4 is 0 Å². The first-order valence-electron chi connectivity index (χ1n) is 7.53. The minimum atomic E-state index is -0.464. The highest BCUT2D eigenvalue weighted by Gasteiger charge is 2.60. The molecule has 0 saturated heterocycles. The Kier molecular flexibility index (Phi) is 3.00. The van der Waals surface area contributed by atoms with E-state index in [-0.39, 0.29) is 11.5 Å². The Labute approximate surface area is 109 Å². The molecule has 4 bridgehead atoms. The third kappa shape index (κ3) is 1.83. The molecule has 2 N–H and O–H groups in total. The zero-order valence-electron chi connectivity index (χ0n) is 11.6. The van der Waals surface area contributed by atoms with Crippen LogP contribution in [0.4, 0.5) is 0 Å². The normalized spacial score (nSPS) is 49.3. The molecule has 4 aliphatic rings. The second-order valence-electron chi connectivity index (χ2n) is 7.46. The average Bonchev–Trinajstić information content (AvgIpc) is 2.25. The van der Waals surface area contributed by atoms with Crippen LogP contribution in [0.3, 0.4) is 0 Å². The van der Waals surface area contributed by atoms with E-state index in [1.807, 2.05) is 0 Å². The minimum Gasteiger partial charge on any atom is -0.390 e. The van der Waals surface area contributed by atoms with Crippen LogP contribution >= 0.6 is 0 Å². The smallest absolute Gasteiger partial charge is 0.101 e. The van der Waals surface area contributed by atoms with E-state index < -0.39 is 5.60 Å². The zero-order chi connectivity index (χ0) is 13.0. The monoisotopic (exact) mass is 254 g/mol. The van der Waals surface area contributed by atoms with Crippen LogP contribution in [0.25, 0.3) is 0 Å². The summed E-state index contributed by atoms with van der Waals surface area (Å²) in [4.78, 5) is 4.92. The van der Waals surface area contributed by atoms with Crippen LogP contribution in [0.1, 0.15) is 58.8 Å². The molecule has 0 radical (unpaired) electrons. The highest BCUT2D eigenvalue weighted by Crippen LogP contribution is 2.64. The van der Waals surface area contributed by atoms with Crippen LogP contribution in [0, 0.1) is 23.2 Å². The quantitative estimate of drug-likeness (QED) is 0.598. The second-order valence-corrected chi connectivity index (χ2v) is 7.46. The molecule has 4 aliphatic carbocycles. The molecule has 104 valence electrons. The Balaban J connectivity index is 1.90. The molecule has 0 aromatic carbocycles. The number of hydrogen-bond acceptors (Lipinski definition) is 3. The molecule has 0 heterocycles. The minimum absolute atomic E-state index is 0.0308. The van der Waals surface area contributed by atoms with Gasteiger partial charge in [-0.15, -0.1) is 0 Å². The van der Waals surface area contributed by atoms with Crippen molar-refractivity contribution in [1.29, 1.82) is 0 Å². The Morgan fingerprint density at radius 2 is 1.83 bits per heavy atom. The molecular weight excluding hydrogens is 228 g/mol. The summed E-state index contributed by atoms with van der Waals surface area (Å²) >= 11 is 0. The predicted molar refractivity (Wildman–Crippen MR) is 69.0 cm³/mol. The van der Waals surface area contributed by atoms with Crippen molar-refractivity contribution in [2.24, 2.45) is 23.2 Å². The van der Waals surface area contributed by atoms with Crippen LogP contribution in [-0.4, -0.2) is 22.1 Å². The van der Waals surface area contributed by atoms with Crippen LogP contribution in [0.5, 0.6) is 0 Å². The van der Waals surface area contributed by atoms with Gasteiger partial charge in [-0.3, -0.25) is 5.26 Å². The molecule has 18 heavy (non-hydrogen) atoms. The van der Waals surface area contributed by atoms with E-state index in [1.165, 1.54) is 6.42 Å². The van der Waals surface area contributed by atoms with Gasteiger partial charge in [-0.1, -0.05) is 20.3 Å². The second kappa shape index (κ2) is 4.19. The van der Waals surface area contributed by atoms with E-state index in [2.05, 4.69) is 13.8 Å². The van der Waals surface area contributed by atoms with Gasteiger partial charge in [0.05, 0.1) is 5.60 Å². The van der Waals surface area contributed by atoms with Crippen molar-refractivity contribution < 1.29 is 15.3 Å². The largest absolute Gasteiger partial charge is 0.390 e. The zero-order valence-corrected chi connectivity index (χ0v) is 11.6. The van der Waals surface area contributed by atoms with Gasteiger partial charge in [0.15, 0.2) is 0 Å². The number of rotatable bonds is 4. The highest BCUT2D eigenvalue weighted by atomic mass is 17.1. The lowest BCUT2D eigenvalue weighted by Crippen LogP contribution is -2.60. The third-order valence-corrected chi connectivity index (χ3v) is 5.95. The Hall–Kier alpha value is -0.120. The maximum Gasteiger partial charge on any atom is 0.101 e. The first-order chi connectivity index (χ1) is 8.50. The Bertz CT molecular complexity index is 314. The maximum atomic E-state index is 10.7. The Morgan fingerprint density at radius 1 is 1.22 bits per heavy atom. The lowest BCUT2D eigenvalue weighted by molar-refractivity contribution is -0.338. The molecule has 4 atom stereocenters. The summed E-state index contributed by atoms with van der Waals surface area (Å²) in [6.45, 7) is 4.30. The predicted octanol–water partition coefficient (Wildman–Crippen LogP) is 3.22. The van der Waals surface area contributed by atoms with Crippen molar-refractivity contribution in [2.75, 3.05) is 0 Å². The standard InChI is InChI=1S/C15H26O3/c1-3-10(2)13(18-17)14-5-11-4-12(6-14)8-15(16,7-11)9-14/h10-13,16-17H,3-9H2,1-2H3. The van der Waals surface area contributed by atoms with E-state index in [1.54, 1.807) is 0 Å². The first kappa shape index (κ1) is 12.9. The van der Waals surface area contributed by atoms with Gasteiger partial charge in [-0.05, 0) is 56.3 Å². The fraction of sp³-hybridized carbons (Fsp3) is 1.00. The van der Waals surface area contributed by atoms with Gasteiger partial charge in [0.25, 0.3) is 0 Å². The number of hydrogen-bond donors (Lipinski definition) is 2. The van der Waals surface area contributed by atoms with Gasteiger partial charge in [-0.2, -0.15) is 0 Å². The van der Waals surface area contributed by atoms with Crippen molar-refractivity contribution in [2.45, 2.75) is 70.5 Å². The molecule has 4 unspecified atom stereocenters. The molecule has 0 spiro atoms. The van der Waals surface area contributed by atoms with Crippen LogP contribution in [0.15, 0.2) is 0 Å². The summed E-state index contributed by atoms with van der Waals surface area (Å²) in [5.74, 6) is 1.66. The molecular formula is C15H26O3. The Morgan fingerprint density at radius 3 is 2.28 bits per heavy atom. The summed E-state index contributed by atoms with van der Waals surface area (Å²) in [6.07, 6.45) is 7.27. The van der Waals surface area contributed by atoms with E-state index in [0.717, 1.165) is 38.5 Å². The van der Waals surface area contributed by atoms with E-state index in [4.69, 9.17) is 4.89 Å². The van der Waals surface area contributed by atoms with Gasteiger partial charge >= 0.3 is 0 Å². The summed E-state index contributed by atoms with van der Waals surface area (Å²) < 4.78 is 0. The summed E-state index contributed by atoms with van der Waals surface area (Å²) in [7, 11) is 0. The molecule has 4 rings (SSSR count). The van der Waals surface area contributed by atoms with Gasteiger partial charge in [-0.25, -0.2) is 4.89 Å². The molecule has 0 aliphatic heterocycles. The summed E-state index contributed by atoms with van der Waals surface area (Å²) in [6, 6.07) is 0. The number of aliphatic hydroxyl groups is 1. The van der Waals surface area contributed by atoms with Crippen LogP contribution in [0.2, 0.25) is 0 Å². The maximum absolute atomic E-state index is 10.7. The SMILES string of the molecule is CCC(C)C(OO)C12CC3CC(CC(O)(C3)C1)C2. The summed E-state index contributed by atoms with van der Waals surface area (Å²) in [5.41, 5.74) is -0.433. The molecule has 3 nitrogen and oxygen atoms in total. The highest BCUT2D eigenvalue weighted by molar-refractivity contribution is 5.11. The van der Waals surface area contributed by atoms with Crippen molar-refractivity contribution in [3.05, 3.63) is 0 Å². The van der Waals surface area contributed by atoms with Crippen molar-refractivity contribution in [3.63, 3.8) is 0 Å². The topological polar surface area (TPSA) is 49.7 Å². The lowest BCUT2D eigenvalue weighted by Gasteiger charge is -2.62. The van der Waals surface area contributed by atoms with Crippen LogP contribution in [-0.2, 0) is 4.89 Å². The fourth-order valence-electron chi connectivity index (χ4n) is 5.65. The van der Waals surface area contributed by atoms with Gasteiger partial charge in [0, 0.05) is 5.41 Å².